The molecule has 0 saturated heterocycles. The van der Waals surface area contributed by atoms with Gasteiger partial charge in [0, 0.05) is 15.7 Å². The summed E-state index contributed by atoms with van der Waals surface area (Å²) in [7, 11) is 0. The first-order valence-corrected chi connectivity index (χ1v) is 11.8. The highest BCUT2D eigenvalue weighted by Crippen LogP contribution is 2.48. The lowest BCUT2D eigenvalue weighted by Gasteiger charge is -2.45. The smallest absolute Gasteiger partial charge is 0.0659 e. The molecule has 2 saturated carbocycles. The highest BCUT2D eigenvalue weighted by atomic mass is 32.1. The summed E-state index contributed by atoms with van der Waals surface area (Å²) in [5.41, 5.74) is 0.117. The zero-order valence-electron chi connectivity index (χ0n) is 17.3. The van der Waals surface area contributed by atoms with E-state index in [0.717, 1.165) is 38.5 Å². The molecule has 28 heavy (non-hydrogen) atoms. The van der Waals surface area contributed by atoms with Crippen LogP contribution in [0, 0.1) is 41.4 Å². The van der Waals surface area contributed by atoms with E-state index < -0.39 is 6.10 Å². The average molecular weight is 402 g/mol. The minimum absolute atomic E-state index is 0.0425. The van der Waals surface area contributed by atoms with Gasteiger partial charge < -0.3 is 10.2 Å². The lowest BCUT2D eigenvalue weighted by Crippen LogP contribution is -2.40. The van der Waals surface area contributed by atoms with E-state index in [4.69, 9.17) is 0 Å². The van der Waals surface area contributed by atoms with Gasteiger partial charge in [-0.25, -0.2) is 0 Å². The molecular formula is C24H35NO2S. The highest BCUT2D eigenvalue weighted by Gasteiger charge is 2.42. The molecule has 0 radical (unpaired) electrons. The summed E-state index contributed by atoms with van der Waals surface area (Å²) in [5, 5.41) is 30.7. The Bertz CT molecular complexity index is 694. The molecule has 5 atom stereocenters. The summed E-state index contributed by atoms with van der Waals surface area (Å²) in [6, 6.07) is 6.81. The average Bonchev–Trinajstić information content (AvgIpc) is 3.18. The standard InChI is InChI=1S/C24H35NO2S/c1-3-24(13-6-14-24)23(27)10-5-9-21-20(18(16-25)15-22(21)26)8-4-7-19-12-11-17(2)28-19/h5,9,11-12,18,20-23,26-27H,3-4,6-8,10,13-15H2,1-2H3/b9-5+/t18-,20-,21?,22+,23?/m0/s1. The maximum atomic E-state index is 10.6. The molecule has 1 heterocycles. The molecule has 0 bridgehead atoms. The van der Waals surface area contributed by atoms with Gasteiger partial charge in [-0.2, -0.15) is 5.26 Å². The van der Waals surface area contributed by atoms with Crippen LogP contribution < -0.4 is 0 Å². The van der Waals surface area contributed by atoms with Crippen LogP contribution in [0.5, 0.6) is 0 Å². The number of nitriles is 1. The maximum Gasteiger partial charge on any atom is 0.0659 e. The molecule has 3 nitrogen and oxygen atoms in total. The van der Waals surface area contributed by atoms with Gasteiger partial charge in [0.15, 0.2) is 0 Å². The van der Waals surface area contributed by atoms with Gasteiger partial charge in [-0.05, 0) is 81.8 Å². The molecule has 0 amide bonds. The molecule has 2 aliphatic rings. The summed E-state index contributed by atoms with van der Waals surface area (Å²) in [6.45, 7) is 4.31. The van der Waals surface area contributed by atoms with E-state index in [0.29, 0.717) is 12.8 Å². The maximum absolute atomic E-state index is 10.6. The first kappa shape index (κ1) is 21.6. The van der Waals surface area contributed by atoms with Crippen molar-refractivity contribution >= 4 is 11.3 Å². The molecule has 0 aliphatic heterocycles. The van der Waals surface area contributed by atoms with Gasteiger partial charge in [0.2, 0.25) is 0 Å². The third kappa shape index (κ3) is 4.70. The third-order valence-electron chi connectivity index (χ3n) is 7.35. The number of aryl methyl sites for hydroxylation is 2. The van der Waals surface area contributed by atoms with Crippen molar-refractivity contribution < 1.29 is 10.2 Å². The van der Waals surface area contributed by atoms with Gasteiger partial charge in [0.1, 0.15) is 0 Å². The fourth-order valence-corrected chi connectivity index (χ4v) is 6.19. The predicted molar refractivity (Wildman–Crippen MR) is 115 cm³/mol. The van der Waals surface area contributed by atoms with Crippen molar-refractivity contribution in [3.63, 3.8) is 0 Å². The van der Waals surface area contributed by atoms with Crippen LogP contribution in [0.3, 0.4) is 0 Å². The Labute approximate surface area is 174 Å². The Hall–Kier alpha value is -1.15. The summed E-state index contributed by atoms with van der Waals surface area (Å²) < 4.78 is 0. The van der Waals surface area contributed by atoms with Crippen molar-refractivity contribution in [2.24, 2.45) is 23.2 Å². The van der Waals surface area contributed by atoms with Crippen LogP contribution in [0.4, 0.5) is 0 Å². The Morgan fingerprint density at radius 2 is 2.18 bits per heavy atom. The first-order valence-electron chi connectivity index (χ1n) is 11.0. The second-order valence-electron chi connectivity index (χ2n) is 8.93. The molecule has 3 rings (SSSR count). The zero-order chi connectivity index (χ0) is 20.1. The summed E-state index contributed by atoms with van der Waals surface area (Å²) in [6.07, 6.45) is 12.3. The molecule has 4 heteroatoms. The number of hydrogen-bond acceptors (Lipinski definition) is 4. The minimum atomic E-state index is -0.434. The second kappa shape index (κ2) is 9.57. The van der Waals surface area contributed by atoms with E-state index in [1.807, 2.05) is 11.3 Å². The van der Waals surface area contributed by atoms with Crippen LogP contribution in [0.1, 0.15) is 68.0 Å². The summed E-state index contributed by atoms with van der Waals surface area (Å²) >= 11 is 1.85. The minimum Gasteiger partial charge on any atom is -0.392 e. The number of rotatable bonds is 9. The third-order valence-corrected chi connectivity index (χ3v) is 8.41. The molecule has 2 fully saturated rings. The van der Waals surface area contributed by atoms with Crippen LogP contribution >= 0.6 is 11.3 Å². The number of aliphatic hydroxyl groups excluding tert-OH is 2. The van der Waals surface area contributed by atoms with Gasteiger partial charge in [-0.1, -0.05) is 25.5 Å². The van der Waals surface area contributed by atoms with Gasteiger partial charge in [-0.15, -0.1) is 11.3 Å². The van der Waals surface area contributed by atoms with E-state index in [1.165, 1.54) is 16.2 Å². The molecule has 0 spiro atoms. The van der Waals surface area contributed by atoms with Crippen LogP contribution in [0.2, 0.25) is 0 Å². The molecule has 2 unspecified atom stereocenters. The SMILES string of the molecule is CCC1(C(O)C/C=C/C2[C@H](O)C[C@@H](C#N)[C@@H]2CCCc2ccc(C)s2)CCC1. The van der Waals surface area contributed by atoms with Crippen molar-refractivity contribution in [2.75, 3.05) is 0 Å². The molecule has 1 aromatic heterocycles. The molecule has 154 valence electrons. The van der Waals surface area contributed by atoms with Gasteiger partial charge in [-0.3, -0.25) is 0 Å². The molecule has 0 aromatic carbocycles. The Balaban J connectivity index is 1.56. The Kier molecular flexibility index (Phi) is 7.36. The zero-order valence-corrected chi connectivity index (χ0v) is 18.1. The Morgan fingerprint density at radius 3 is 2.75 bits per heavy atom. The monoisotopic (exact) mass is 401 g/mol. The van der Waals surface area contributed by atoms with Crippen LogP contribution in [0.25, 0.3) is 0 Å². The van der Waals surface area contributed by atoms with E-state index in [-0.39, 0.29) is 29.3 Å². The van der Waals surface area contributed by atoms with Crippen LogP contribution in [0.15, 0.2) is 24.3 Å². The lowest BCUT2D eigenvalue weighted by atomic mass is 9.63. The highest BCUT2D eigenvalue weighted by molar-refractivity contribution is 7.11. The van der Waals surface area contributed by atoms with Gasteiger partial charge in [0.25, 0.3) is 0 Å². The van der Waals surface area contributed by atoms with Crippen molar-refractivity contribution in [3.8, 4) is 6.07 Å². The number of hydrogen-bond donors (Lipinski definition) is 2. The lowest BCUT2D eigenvalue weighted by molar-refractivity contribution is -0.0355. The first-order chi connectivity index (χ1) is 13.5. The number of nitrogens with zero attached hydrogens (tertiary/aromatic N) is 1. The number of aliphatic hydroxyl groups is 2. The van der Waals surface area contributed by atoms with Gasteiger partial charge >= 0.3 is 0 Å². The van der Waals surface area contributed by atoms with Gasteiger partial charge in [0.05, 0.1) is 24.2 Å². The molecular weight excluding hydrogens is 366 g/mol. The normalized spacial score (nSPS) is 30.2. The quantitative estimate of drug-likeness (QED) is 0.544. The largest absolute Gasteiger partial charge is 0.392 e. The van der Waals surface area contributed by atoms with Crippen molar-refractivity contribution in [2.45, 2.75) is 83.8 Å². The summed E-state index contributed by atoms with van der Waals surface area (Å²) in [4.78, 5) is 2.75. The Morgan fingerprint density at radius 1 is 1.39 bits per heavy atom. The topological polar surface area (TPSA) is 64.2 Å². The van der Waals surface area contributed by atoms with E-state index in [2.05, 4.69) is 44.2 Å². The predicted octanol–water partition coefficient (Wildman–Crippen LogP) is 5.40. The van der Waals surface area contributed by atoms with Crippen LogP contribution in [-0.2, 0) is 6.42 Å². The van der Waals surface area contributed by atoms with Crippen molar-refractivity contribution in [1.82, 2.24) is 0 Å². The second-order valence-corrected chi connectivity index (χ2v) is 10.3. The molecule has 2 aliphatic carbocycles. The van der Waals surface area contributed by atoms with Crippen molar-refractivity contribution in [3.05, 3.63) is 34.0 Å². The van der Waals surface area contributed by atoms with Crippen molar-refractivity contribution in [1.29, 1.82) is 5.26 Å². The fraction of sp³-hybridized carbons (Fsp3) is 0.708. The van der Waals surface area contributed by atoms with E-state index >= 15 is 0 Å². The van der Waals surface area contributed by atoms with Crippen LogP contribution in [-0.4, -0.2) is 22.4 Å². The fourth-order valence-electron chi connectivity index (χ4n) is 5.26. The molecule has 1 aromatic rings. The number of thiophene rings is 1. The van der Waals surface area contributed by atoms with E-state index in [9.17, 15) is 15.5 Å². The summed E-state index contributed by atoms with van der Waals surface area (Å²) in [5.74, 6) is 0.201. The molecule has 2 N–H and O–H groups in total. The van der Waals surface area contributed by atoms with E-state index in [1.54, 1.807) is 0 Å².